The van der Waals surface area contributed by atoms with E-state index in [0.717, 1.165) is 18.5 Å². The highest BCUT2D eigenvalue weighted by molar-refractivity contribution is 7.94. The molecule has 1 aromatic rings. The van der Waals surface area contributed by atoms with Gasteiger partial charge in [0.25, 0.3) is 0 Å². The summed E-state index contributed by atoms with van der Waals surface area (Å²) in [5, 5.41) is 3.38. The van der Waals surface area contributed by atoms with Crippen LogP contribution < -0.4 is 10.0 Å². The molecule has 0 saturated heterocycles. The minimum absolute atomic E-state index is 0.105. The van der Waals surface area contributed by atoms with Crippen molar-refractivity contribution in [3.8, 4) is 0 Å². The average Bonchev–Trinajstić information content (AvgIpc) is 2.34. The molecule has 0 bridgehead atoms. The Morgan fingerprint density at radius 2 is 1.80 bits per heavy atom. The Hall–Kier alpha value is -1.07. The second kappa shape index (κ2) is 6.59. The second-order valence-corrected chi connectivity index (χ2v) is 8.42. The number of sulfonamides is 1. The molecule has 1 atom stereocenters. The fourth-order valence-electron chi connectivity index (χ4n) is 1.74. The zero-order chi connectivity index (χ0) is 15.4. The van der Waals surface area contributed by atoms with Gasteiger partial charge in [0.1, 0.15) is 0 Å². The highest BCUT2D eigenvalue weighted by atomic mass is 32.2. The minimum atomic E-state index is -3.41. The van der Waals surface area contributed by atoms with Crippen LogP contribution in [0.2, 0.25) is 0 Å². The van der Waals surface area contributed by atoms with Crippen molar-refractivity contribution < 1.29 is 8.42 Å². The molecule has 0 radical (unpaired) electrons. The van der Waals surface area contributed by atoms with Gasteiger partial charge in [0.2, 0.25) is 10.0 Å². The minimum Gasteiger partial charge on any atom is -0.310 e. The first-order valence-corrected chi connectivity index (χ1v) is 8.52. The molecule has 0 aliphatic rings. The fourth-order valence-corrected chi connectivity index (χ4v) is 2.52. The van der Waals surface area contributed by atoms with E-state index in [2.05, 4.69) is 17.0 Å². The van der Waals surface area contributed by atoms with E-state index in [1.165, 1.54) is 0 Å². The predicted octanol–water partition coefficient (Wildman–Crippen LogP) is 3.29. The van der Waals surface area contributed by atoms with E-state index in [4.69, 9.17) is 0 Å². The molecule has 0 aliphatic carbocycles. The quantitative estimate of drug-likeness (QED) is 0.847. The predicted molar refractivity (Wildman–Crippen MR) is 85.4 cm³/mol. The Labute approximate surface area is 123 Å². The maximum atomic E-state index is 12.3. The molecule has 0 aromatic heterocycles. The number of hydrogen-bond acceptors (Lipinski definition) is 3. The van der Waals surface area contributed by atoms with Crippen molar-refractivity contribution >= 4 is 15.7 Å². The zero-order valence-corrected chi connectivity index (χ0v) is 13.8. The van der Waals surface area contributed by atoms with Crippen molar-refractivity contribution in [1.82, 2.24) is 5.32 Å². The van der Waals surface area contributed by atoms with E-state index in [-0.39, 0.29) is 6.04 Å². The van der Waals surface area contributed by atoms with Gasteiger partial charge < -0.3 is 5.32 Å². The van der Waals surface area contributed by atoms with Gasteiger partial charge in [-0.1, -0.05) is 25.1 Å². The molecule has 0 spiro atoms. The van der Waals surface area contributed by atoms with Gasteiger partial charge in [-0.25, -0.2) is 8.42 Å². The van der Waals surface area contributed by atoms with Gasteiger partial charge >= 0.3 is 0 Å². The van der Waals surface area contributed by atoms with Gasteiger partial charge in [-0.05, 0) is 52.3 Å². The van der Waals surface area contributed by atoms with Gasteiger partial charge in [0.15, 0.2) is 0 Å². The third kappa shape index (κ3) is 4.21. The third-order valence-corrected chi connectivity index (χ3v) is 5.28. The van der Waals surface area contributed by atoms with E-state index in [1.807, 2.05) is 31.2 Å². The van der Waals surface area contributed by atoms with Crippen LogP contribution in [0.15, 0.2) is 24.3 Å². The first-order chi connectivity index (χ1) is 9.19. The van der Waals surface area contributed by atoms with Crippen LogP contribution in [0, 0.1) is 0 Å². The van der Waals surface area contributed by atoms with Crippen LogP contribution in [0.5, 0.6) is 0 Å². The Kier molecular flexibility index (Phi) is 5.59. The molecule has 5 heteroatoms. The summed E-state index contributed by atoms with van der Waals surface area (Å²) in [6, 6.07) is 7.63. The van der Waals surface area contributed by atoms with E-state index < -0.39 is 14.8 Å². The van der Waals surface area contributed by atoms with Crippen LogP contribution >= 0.6 is 0 Å². The lowest BCUT2D eigenvalue weighted by molar-refractivity contribution is 0.563. The maximum absolute atomic E-state index is 12.3. The first-order valence-electron chi connectivity index (χ1n) is 7.03. The summed E-state index contributed by atoms with van der Waals surface area (Å²) in [5.74, 6) is 0. The van der Waals surface area contributed by atoms with E-state index in [1.54, 1.807) is 20.8 Å². The standard InChI is InChI=1S/C15H26N2O2S/c1-6-11-16-12(2)13-9-7-8-10-14(13)17-20(18,19)15(3,4)5/h7-10,12,16-17H,6,11H2,1-5H3. The molecule has 0 amide bonds. The summed E-state index contributed by atoms with van der Waals surface area (Å²) < 4.78 is 26.4. The Morgan fingerprint density at radius 3 is 2.35 bits per heavy atom. The van der Waals surface area contributed by atoms with Gasteiger partial charge in [0.05, 0.1) is 10.4 Å². The van der Waals surface area contributed by atoms with Gasteiger partial charge in [0, 0.05) is 6.04 Å². The van der Waals surface area contributed by atoms with Crippen molar-refractivity contribution in [1.29, 1.82) is 0 Å². The van der Waals surface area contributed by atoms with Crippen LogP contribution in [0.25, 0.3) is 0 Å². The van der Waals surface area contributed by atoms with Crippen molar-refractivity contribution in [2.45, 2.75) is 51.8 Å². The lowest BCUT2D eigenvalue weighted by Gasteiger charge is -2.23. The van der Waals surface area contributed by atoms with Crippen LogP contribution in [0.4, 0.5) is 5.69 Å². The Balaban J connectivity index is 3.03. The van der Waals surface area contributed by atoms with E-state index >= 15 is 0 Å². The summed E-state index contributed by atoms with van der Waals surface area (Å²) in [5.41, 5.74) is 1.62. The summed E-state index contributed by atoms with van der Waals surface area (Å²) in [6.07, 6.45) is 1.04. The molecule has 0 aliphatic heterocycles. The Bertz CT molecular complexity index is 533. The van der Waals surface area contributed by atoms with Crippen LogP contribution in [-0.4, -0.2) is 19.7 Å². The topological polar surface area (TPSA) is 58.2 Å². The number of anilines is 1. The number of para-hydroxylation sites is 1. The Morgan fingerprint density at radius 1 is 1.20 bits per heavy atom. The van der Waals surface area contributed by atoms with E-state index in [0.29, 0.717) is 5.69 Å². The lowest BCUT2D eigenvalue weighted by Crippen LogP contribution is -2.34. The highest BCUT2D eigenvalue weighted by Gasteiger charge is 2.29. The smallest absolute Gasteiger partial charge is 0.237 e. The normalized spacial score (nSPS) is 14.1. The molecule has 0 heterocycles. The number of nitrogens with one attached hydrogen (secondary N) is 2. The van der Waals surface area contributed by atoms with Crippen LogP contribution in [0.1, 0.15) is 52.6 Å². The van der Waals surface area contributed by atoms with Crippen LogP contribution in [-0.2, 0) is 10.0 Å². The number of rotatable bonds is 6. The highest BCUT2D eigenvalue weighted by Crippen LogP contribution is 2.26. The number of hydrogen-bond donors (Lipinski definition) is 2. The molecule has 20 heavy (non-hydrogen) atoms. The largest absolute Gasteiger partial charge is 0.310 e. The summed E-state index contributed by atoms with van der Waals surface area (Å²) >= 11 is 0. The van der Waals surface area contributed by atoms with Crippen molar-refractivity contribution in [3.05, 3.63) is 29.8 Å². The zero-order valence-electron chi connectivity index (χ0n) is 13.0. The SMILES string of the molecule is CCCNC(C)c1ccccc1NS(=O)(=O)C(C)(C)C. The first kappa shape index (κ1) is 17.0. The lowest BCUT2D eigenvalue weighted by atomic mass is 10.1. The van der Waals surface area contributed by atoms with Crippen molar-refractivity contribution in [2.75, 3.05) is 11.3 Å². The summed E-state index contributed by atoms with van der Waals surface area (Å²) in [7, 11) is -3.41. The van der Waals surface area contributed by atoms with Gasteiger partial charge in [-0.15, -0.1) is 0 Å². The van der Waals surface area contributed by atoms with Crippen molar-refractivity contribution in [2.24, 2.45) is 0 Å². The molecule has 0 saturated carbocycles. The molecule has 4 nitrogen and oxygen atoms in total. The molecule has 1 rings (SSSR count). The molecule has 114 valence electrons. The molecule has 1 aromatic carbocycles. The molecule has 2 N–H and O–H groups in total. The van der Waals surface area contributed by atoms with Crippen molar-refractivity contribution in [3.63, 3.8) is 0 Å². The van der Waals surface area contributed by atoms with Gasteiger partial charge in [-0.3, -0.25) is 4.72 Å². The molecule has 1 unspecified atom stereocenters. The van der Waals surface area contributed by atoms with Gasteiger partial charge in [-0.2, -0.15) is 0 Å². The summed E-state index contributed by atoms with van der Waals surface area (Å²) in [4.78, 5) is 0. The fraction of sp³-hybridized carbons (Fsp3) is 0.600. The molecular formula is C15H26N2O2S. The maximum Gasteiger partial charge on any atom is 0.237 e. The third-order valence-electron chi connectivity index (χ3n) is 3.18. The average molecular weight is 298 g/mol. The van der Waals surface area contributed by atoms with E-state index in [9.17, 15) is 8.42 Å². The summed E-state index contributed by atoms with van der Waals surface area (Å²) in [6.45, 7) is 10.1. The molecule has 0 fully saturated rings. The number of benzene rings is 1. The molecular weight excluding hydrogens is 272 g/mol. The second-order valence-electron chi connectivity index (χ2n) is 5.98. The monoisotopic (exact) mass is 298 g/mol. The van der Waals surface area contributed by atoms with Crippen LogP contribution in [0.3, 0.4) is 0 Å².